The van der Waals surface area contributed by atoms with E-state index < -0.39 is 0 Å². The molecule has 1 heterocycles. The highest BCUT2D eigenvalue weighted by Crippen LogP contribution is 2.25. The van der Waals surface area contributed by atoms with Gasteiger partial charge in [0.1, 0.15) is 0 Å². The lowest BCUT2D eigenvalue weighted by Crippen LogP contribution is -2.37. The van der Waals surface area contributed by atoms with Gasteiger partial charge in [0, 0.05) is 24.0 Å². The van der Waals surface area contributed by atoms with E-state index in [2.05, 4.69) is 29.3 Å². The summed E-state index contributed by atoms with van der Waals surface area (Å²) in [6.07, 6.45) is 3.92. The van der Waals surface area contributed by atoms with Crippen molar-refractivity contribution in [2.75, 3.05) is 16.8 Å². The van der Waals surface area contributed by atoms with Crippen molar-refractivity contribution in [1.29, 1.82) is 0 Å². The van der Waals surface area contributed by atoms with Crippen LogP contribution in [0.4, 0.5) is 11.4 Å². The molecule has 0 bridgehead atoms. The van der Waals surface area contributed by atoms with Gasteiger partial charge in [-0.2, -0.15) is 0 Å². The van der Waals surface area contributed by atoms with Gasteiger partial charge >= 0.3 is 0 Å². The standard InChI is InChI=1S/C13H19N3S/c1-10-4-2-3-9-16(10)12-7-5-11(6-8-12)15-13(14)17/h5-8,10H,2-4,9H2,1H3,(H3,14,15,17)/t10-/m0/s1. The molecule has 0 amide bonds. The zero-order valence-electron chi connectivity index (χ0n) is 10.1. The molecule has 2 rings (SSSR count). The van der Waals surface area contributed by atoms with Crippen molar-refractivity contribution in [3.63, 3.8) is 0 Å². The van der Waals surface area contributed by atoms with Crippen LogP contribution in [0.1, 0.15) is 26.2 Å². The van der Waals surface area contributed by atoms with Crippen molar-refractivity contribution >= 4 is 28.7 Å². The molecule has 3 nitrogen and oxygen atoms in total. The van der Waals surface area contributed by atoms with E-state index in [4.69, 9.17) is 18.0 Å². The molecule has 1 saturated heterocycles. The quantitative estimate of drug-likeness (QED) is 0.791. The normalized spacial score (nSPS) is 20.1. The molecule has 0 aliphatic carbocycles. The summed E-state index contributed by atoms with van der Waals surface area (Å²) in [5.74, 6) is 0. The highest BCUT2D eigenvalue weighted by molar-refractivity contribution is 7.80. The minimum absolute atomic E-state index is 0.309. The maximum atomic E-state index is 5.44. The predicted molar refractivity (Wildman–Crippen MR) is 77.5 cm³/mol. The molecule has 1 aromatic carbocycles. The van der Waals surface area contributed by atoms with Gasteiger partial charge in [-0.05, 0) is 62.7 Å². The zero-order valence-corrected chi connectivity index (χ0v) is 11.0. The lowest BCUT2D eigenvalue weighted by molar-refractivity contribution is 0.485. The van der Waals surface area contributed by atoms with E-state index in [9.17, 15) is 0 Å². The van der Waals surface area contributed by atoms with E-state index in [0.29, 0.717) is 11.2 Å². The first kappa shape index (κ1) is 12.2. The summed E-state index contributed by atoms with van der Waals surface area (Å²) >= 11 is 4.81. The minimum atomic E-state index is 0.309. The Balaban J connectivity index is 2.08. The first-order valence-corrected chi connectivity index (χ1v) is 6.51. The predicted octanol–water partition coefficient (Wildman–Crippen LogP) is 2.72. The van der Waals surface area contributed by atoms with Crippen LogP contribution >= 0.6 is 12.2 Å². The van der Waals surface area contributed by atoms with Crippen LogP contribution in [0, 0.1) is 0 Å². The average molecular weight is 249 g/mol. The Hall–Kier alpha value is -1.29. The Morgan fingerprint density at radius 1 is 1.35 bits per heavy atom. The SMILES string of the molecule is C[C@H]1CCCCN1c1ccc(NC(N)=S)cc1. The first-order valence-electron chi connectivity index (χ1n) is 6.10. The molecular weight excluding hydrogens is 230 g/mol. The lowest BCUT2D eigenvalue weighted by atomic mass is 10.0. The van der Waals surface area contributed by atoms with Gasteiger partial charge in [-0.3, -0.25) is 0 Å². The van der Waals surface area contributed by atoms with Crippen LogP contribution in [-0.4, -0.2) is 17.7 Å². The topological polar surface area (TPSA) is 41.3 Å². The molecule has 0 unspecified atom stereocenters. The highest BCUT2D eigenvalue weighted by atomic mass is 32.1. The summed E-state index contributed by atoms with van der Waals surface area (Å²) in [6.45, 7) is 3.45. The number of piperidine rings is 1. The Labute approximate surface area is 108 Å². The van der Waals surface area contributed by atoms with E-state index in [1.54, 1.807) is 0 Å². The van der Waals surface area contributed by atoms with E-state index >= 15 is 0 Å². The van der Waals surface area contributed by atoms with Gasteiger partial charge in [-0.15, -0.1) is 0 Å². The smallest absolute Gasteiger partial charge is 0.168 e. The molecule has 4 heteroatoms. The highest BCUT2D eigenvalue weighted by Gasteiger charge is 2.18. The molecule has 0 saturated carbocycles. The van der Waals surface area contributed by atoms with Crippen LogP contribution in [0.3, 0.4) is 0 Å². The van der Waals surface area contributed by atoms with Gasteiger partial charge in [0.15, 0.2) is 5.11 Å². The molecule has 0 radical (unpaired) electrons. The van der Waals surface area contributed by atoms with E-state index in [0.717, 1.165) is 12.2 Å². The summed E-state index contributed by atoms with van der Waals surface area (Å²) in [7, 11) is 0. The summed E-state index contributed by atoms with van der Waals surface area (Å²) in [4.78, 5) is 2.47. The summed E-state index contributed by atoms with van der Waals surface area (Å²) in [5.41, 5.74) is 7.67. The third kappa shape index (κ3) is 3.09. The van der Waals surface area contributed by atoms with Crippen molar-refractivity contribution in [2.45, 2.75) is 32.2 Å². The zero-order chi connectivity index (χ0) is 12.3. The number of thiocarbonyl (C=S) groups is 1. The molecule has 1 aromatic rings. The van der Waals surface area contributed by atoms with Crippen molar-refractivity contribution < 1.29 is 0 Å². The van der Waals surface area contributed by atoms with Crippen LogP contribution in [0.25, 0.3) is 0 Å². The lowest BCUT2D eigenvalue weighted by Gasteiger charge is -2.35. The average Bonchev–Trinajstić information content (AvgIpc) is 2.30. The fourth-order valence-corrected chi connectivity index (χ4v) is 2.48. The monoisotopic (exact) mass is 249 g/mol. The summed E-state index contributed by atoms with van der Waals surface area (Å²) < 4.78 is 0. The van der Waals surface area contributed by atoms with E-state index in [1.807, 2.05) is 12.1 Å². The number of rotatable bonds is 2. The molecule has 17 heavy (non-hydrogen) atoms. The number of hydrogen-bond donors (Lipinski definition) is 2. The third-order valence-electron chi connectivity index (χ3n) is 3.27. The first-order chi connectivity index (χ1) is 8.16. The summed E-state index contributed by atoms with van der Waals surface area (Å²) in [6, 6.07) is 8.94. The fraction of sp³-hybridized carbons (Fsp3) is 0.462. The van der Waals surface area contributed by atoms with Crippen molar-refractivity contribution in [2.24, 2.45) is 5.73 Å². The largest absolute Gasteiger partial charge is 0.376 e. The van der Waals surface area contributed by atoms with Gasteiger partial charge in [0.25, 0.3) is 0 Å². The molecule has 3 N–H and O–H groups in total. The number of nitrogens with zero attached hydrogens (tertiary/aromatic N) is 1. The van der Waals surface area contributed by atoms with E-state index in [1.165, 1.54) is 24.9 Å². The Morgan fingerprint density at radius 3 is 2.65 bits per heavy atom. The molecule has 92 valence electrons. The van der Waals surface area contributed by atoms with Crippen LogP contribution in [0.5, 0.6) is 0 Å². The number of nitrogens with one attached hydrogen (secondary N) is 1. The van der Waals surface area contributed by atoms with E-state index in [-0.39, 0.29) is 0 Å². The molecular formula is C13H19N3S. The van der Waals surface area contributed by atoms with Gasteiger partial charge in [0.05, 0.1) is 0 Å². The Bertz CT molecular complexity index is 388. The van der Waals surface area contributed by atoms with Crippen molar-refractivity contribution in [3.8, 4) is 0 Å². The number of benzene rings is 1. The summed E-state index contributed by atoms with van der Waals surface area (Å²) in [5, 5.41) is 3.25. The Morgan fingerprint density at radius 2 is 2.06 bits per heavy atom. The molecule has 1 fully saturated rings. The van der Waals surface area contributed by atoms with Gasteiger partial charge in [-0.25, -0.2) is 0 Å². The van der Waals surface area contributed by atoms with Crippen molar-refractivity contribution in [3.05, 3.63) is 24.3 Å². The molecule has 0 spiro atoms. The maximum Gasteiger partial charge on any atom is 0.168 e. The van der Waals surface area contributed by atoms with Crippen LogP contribution in [-0.2, 0) is 0 Å². The van der Waals surface area contributed by atoms with Gasteiger partial charge in [0.2, 0.25) is 0 Å². The third-order valence-corrected chi connectivity index (χ3v) is 3.37. The molecule has 1 aliphatic heterocycles. The molecule has 0 aromatic heterocycles. The minimum Gasteiger partial charge on any atom is -0.376 e. The number of hydrogen-bond acceptors (Lipinski definition) is 2. The number of anilines is 2. The molecule has 1 atom stereocenters. The van der Waals surface area contributed by atoms with Crippen LogP contribution in [0.15, 0.2) is 24.3 Å². The Kier molecular flexibility index (Phi) is 3.84. The van der Waals surface area contributed by atoms with Gasteiger partial charge in [-0.1, -0.05) is 0 Å². The van der Waals surface area contributed by atoms with Crippen LogP contribution < -0.4 is 16.0 Å². The van der Waals surface area contributed by atoms with Gasteiger partial charge < -0.3 is 16.0 Å². The second-order valence-electron chi connectivity index (χ2n) is 4.57. The molecule has 1 aliphatic rings. The van der Waals surface area contributed by atoms with Crippen LogP contribution in [0.2, 0.25) is 0 Å². The second kappa shape index (κ2) is 5.36. The second-order valence-corrected chi connectivity index (χ2v) is 5.01. The van der Waals surface area contributed by atoms with Crippen molar-refractivity contribution in [1.82, 2.24) is 0 Å². The fourth-order valence-electron chi connectivity index (χ4n) is 2.36. The maximum absolute atomic E-state index is 5.44. The number of nitrogens with two attached hydrogens (primary N) is 1.